The summed E-state index contributed by atoms with van der Waals surface area (Å²) in [6.07, 6.45) is 2.46. The molecule has 1 N–H and O–H groups in total. The maximum atomic E-state index is 11.7. The standard InChI is InChI=1S/C8H13N5O2/c14-7-1-3-12(4-2-7)8(15)5-13-6-9-10-11-13/h6-7,14H,1-5H2. The molecule has 7 heteroatoms. The van der Waals surface area contributed by atoms with Gasteiger partial charge in [-0.3, -0.25) is 4.79 Å². The molecule has 1 fully saturated rings. The normalized spacial score (nSPS) is 18.1. The van der Waals surface area contributed by atoms with Gasteiger partial charge in [0.15, 0.2) is 0 Å². The van der Waals surface area contributed by atoms with Crippen molar-refractivity contribution in [1.29, 1.82) is 0 Å². The van der Waals surface area contributed by atoms with Gasteiger partial charge in [0.1, 0.15) is 12.9 Å². The quantitative estimate of drug-likeness (QED) is 0.654. The van der Waals surface area contributed by atoms with E-state index in [9.17, 15) is 9.90 Å². The molecule has 0 unspecified atom stereocenters. The number of amides is 1. The maximum absolute atomic E-state index is 11.7. The van der Waals surface area contributed by atoms with E-state index in [0.717, 1.165) is 0 Å². The van der Waals surface area contributed by atoms with Crippen molar-refractivity contribution in [3.63, 3.8) is 0 Å². The van der Waals surface area contributed by atoms with Gasteiger partial charge in [-0.2, -0.15) is 0 Å². The number of aliphatic hydroxyl groups is 1. The van der Waals surface area contributed by atoms with Gasteiger partial charge in [0.05, 0.1) is 6.10 Å². The van der Waals surface area contributed by atoms with Crippen LogP contribution in [0.1, 0.15) is 12.8 Å². The van der Waals surface area contributed by atoms with Crippen LogP contribution in [0.2, 0.25) is 0 Å². The smallest absolute Gasteiger partial charge is 0.244 e. The molecule has 0 bridgehead atoms. The van der Waals surface area contributed by atoms with Gasteiger partial charge in [-0.15, -0.1) is 5.10 Å². The van der Waals surface area contributed by atoms with Crippen molar-refractivity contribution in [2.75, 3.05) is 13.1 Å². The highest BCUT2D eigenvalue weighted by Gasteiger charge is 2.21. The highest BCUT2D eigenvalue weighted by molar-refractivity contribution is 5.75. The minimum Gasteiger partial charge on any atom is -0.393 e. The van der Waals surface area contributed by atoms with E-state index in [1.54, 1.807) is 4.90 Å². The minimum atomic E-state index is -0.262. The number of piperidine rings is 1. The second kappa shape index (κ2) is 4.35. The van der Waals surface area contributed by atoms with E-state index in [-0.39, 0.29) is 18.6 Å². The number of carbonyl (C=O) groups is 1. The number of hydrogen-bond acceptors (Lipinski definition) is 5. The zero-order valence-electron chi connectivity index (χ0n) is 8.28. The summed E-state index contributed by atoms with van der Waals surface area (Å²) in [5.74, 6) is -0.00537. The van der Waals surface area contributed by atoms with Crippen molar-refractivity contribution in [2.45, 2.75) is 25.5 Å². The van der Waals surface area contributed by atoms with Gasteiger partial charge < -0.3 is 10.0 Å². The molecule has 1 aromatic heterocycles. The summed E-state index contributed by atoms with van der Waals surface area (Å²) in [5, 5.41) is 19.8. The van der Waals surface area contributed by atoms with Crippen LogP contribution in [0.3, 0.4) is 0 Å². The molecular weight excluding hydrogens is 198 g/mol. The lowest BCUT2D eigenvalue weighted by Gasteiger charge is -2.29. The van der Waals surface area contributed by atoms with E-state index in [1.807, 2.05) is 0 Å². The summed E-state index contributed by atoms with van der Waals surface area (Å²) < 4.78 is 1.40. The highest BCUT2D eigenvalue weighted by atomic mass is 16.3. The van der Waals surface area contributed by atoms with Gasteiger partial charge in [-0.1, -0.05) is 0 Å². The molecule has 0 radical (unpaired) electrons. The molecule has 1 aliphatic rings. The van der Waals surface area contributed by atoms with E-state index in [1.165, 1.54) is 11.0 Å². The summed E-state index contributed by atoms with van der Waals surface area (Å²) in [7, 11) is 0. The minimum absolute atomic E-state index is 0.00537. The third-order valence-electron chi connectivity index (χ3n) is 2.51. The third kappa shape index (κ3) is 2.50. The van der Waals surface area contributed by atoms with Crippen molar-refractivity contribution in [3.05, 3.63) is 6.33 Å². The summed E-state index contributed by atoms with van der Waals surface area (Å²) in [6.45, 7) is 1.40. The van der Waals surface area contributed by atoms with Crippen LogP contribution in [0.5, 0.6) is 0 Å². The SMILES string of the molecule is O=C(Cn1cnnn1)N1CCC(O)CC1. The van der Waals surface area contributed by atoms with Gasteiger partial charge in [-0.25, -0.2) is 4.68 Å². The first kappa shape index (κ1) is 10.0. The van der Waals surface area contributed by atoms with Crippen LogP contribution < -0.4 is 0 Å². The Hall–Kier alpha value is -1.50. The van der Waals surface area contributed by atoms with Crippen LogP contribution in [0.25, 0.3) is 0 Å². The molecule has 0 saturated carbocycles. The Balaban J connectivity index is 1.86. The molecule has 82 valence electrons. The molecule has 1 amide bonds. The fourth-order valence-corrected chi connectivity index (χ4v) is 1.61. The Morgan fingerprint density at radius 1 is 1.47 bits per heavy atom. The second-order valence-electron chi connectivity index (χ2n) is 3.62. The Labute approximate surface area is 86.7 Å². The van der Waals surface area contributed by atoms with Crippen LogP contribution in [0, 0.1) is 0 Å². The van der Waals surface area contributed by atoms with Crippen LogP contribution in [0.15, 0.2) is 6.33 Å². The summed E-state index contributed by atoms with van der Waals surface area (Å²) in [6, 6.07) is 0. The van der Waals surface area contributed by atoms with Crippen molar-refractivity contribution in [1.82, 2.24) is 25.1 Å². The summed E-state index contributed by atoms with van der Waals surface area (Å²) >= 11 is 0. The monoisotopic (exact) mass is 211 g/mol. The third-order valence-corrected chi connectivity index (χ3v) is 2.51. The molecule has 2 rings (SSSR count). The average molecular weight is 211 g/mol. The number of carbonyl (C=O) groups excluding carboxylic acids is 1. The molecule has 0 spiro atoms. The fraction of sp³-hybridized carbons (Fsp3) is 0.750. The molecule has 1 saturated heterocycles. The molecule has 1 aliphatic heterocycles. The molecule has 0 aliphatic carbocycles. The Bertz CT molecular complexity index is 318. The Kier molecular flexibility index (Phi) is 2.91. The van der Waals surface area contributed by atoms with Gasteiger partial charge in [0.25, 0.3) is 0 Å². The van der Waals surface area contributed by atoms with Crippen molar-refractivity contribution in [2.24, 2.45) is 0 Å². The summed E-state index contributed by atoms with van der Waals surface area (Å²) in [5.41, 5.74) is 0. The summed E-state index contributed by atoms with van der Waals surface area (Å²) in [4.78, 5) is 13.4. The van der Waals surface area contributed by atoms with E-state index >= 15 is 0 Å². The average Bonchev–Trinajstić information content (AvgIpc) is 2.71. The first-order chi connectivity index (χ1) is 7.25. The van der Waals surface area contributed by atoms with Crippen molar-refractivity contribution >= 4 is 5.91 Å². The topological polar surface area (TPSA) is 84.1 Å². The van der Waals surface area contributed by atoms with Gasteiger partial charge >= 0.3 is 0 Å². The number of rotatable bonds is 2. The van der Waals surface area contributed by atoms with Crippen LogP contribution >= 0.6 is 0 Å². The lowest BCUT2D eigenvalue weighted by atomic mass is 10.1. The van der Waals surface area contributed by atoms with Crippen LogP contribution in [-0.2, 0) is 11.3 Å². The van der Waals surface area contributed by atoms with Gasteiger partial charge in [-0.05, 0) is 23.3 Å². The number of aliphatic hydroxyl groups excluding tert-OH is 1. The molecule has 0 aromatic carbocycles. The fourth-order valence-electron chi connectivity index (χ4n) is 1.61. The van der Waals surface area contributed by atoms with Crippen LogP contribution in [0.4, 0.5) is 0 Å². The molecule has 7 nitrogen and oxygen atoms in total. The first-order valence-electron chi connectivity index (χ1n) is 4.92. The molecule has 1 aromatic rings. The number of tetrazole rings is 1. The van der Waals surface area contributed by atoms with Crippen LogP contribution in [-0.4, -0.2) is 55.3 Å². The lowest BCUT2D eigenvalue weighted by Crippen LogP contribution is -2.41. The Morgan fingerprint density at radius 3 is 2.80 bits per heavy atom. The van der Waals surface area contributed by atoms with Gasteiger partial charge in [0, 0.05) is 13.1 Å². The number of likely N-dealkylation sites (tertiary alicyclic amines) is 1. The Morgan fingerprint density at radius 2 is 2.20 bits per heavy atom. The number of hydrogen-bond donors (Lipinski definition) is 1. The van der Waals surface area contributed by atoms with Crippen molar-refractivity contribution in [3.8, 4) is 0 Å². The first-order valence-corrected chi connectivity index (χ1v) is 4.92. The maximum Gasteiger partial charge on any atom is 0.244 e. The number of aromatic nitrogens is 4. The predicted octanol–water partition coefficient (Wildman–Crippen LogP) is -1.34. The zero-order chi connectivity index (χ0) is 10.7. The number of nitrogens with zero attached hydrogens (tertiary/aromatic N) is 5. The highest BCUT2D eigenvalue weighted by Crippen LogP contribution is 2.10. The van der Waals surface area contributed by atoms with E-state index in [2.05, 4.69) is 15.5 Å². The van der Waals surface area contributed by atoms with Crippen molar-refractivity contribution < 1.29 is 9.90 Å². The molecule has 0 atom stereocenters. The molecule has 2 heterocycles. The van der Waals surface area contributed by atoms with E-state index in [0.29, 0.717) is 25.9 Å². The van der Waals surface area contributed by atoms with E-state index in [4.69, 9.17) is 0 Å². The van der Waals surface area contributed by atoms with E-state index < -0.39 is 0 Å². The predicted molar refractivity (Wildman–Crippen MR) is 49.6 cm³/mol. The zero-order valence-corrected chi connectivity index (χ0v) is 8.28. The largest absolute Gasteiger partial charge is 0.393 e. The molecular formula is C8H13N5O2. The lowest BCUT2D eigenvalue weighted by molar-refractivity contribution is -0.134. The molecule has 15 heavy (non-hydrogen) atoms. The second-order valence-corrected chi connectivity index (χ2v) is 3.62. The van der Waals surface area contributed by atoms with Gasteiger partial charge in [0.2, 0.25) is 5.91 Å².